The molecule has 33 heavy (non-hydrogen) atoms. The van der Waals surface area contributed by atoms with E-state index >= 15 is 0 Å². The first-order chi connectivity index (χ1) is 15.8. The maximum absolute atomic E-state index is 5.86. The van der Waals surface area contributed by atoms with Crippen LogP contribution >= 0.6 is 24.0 Å². The van der Waals surface area contributed by atoms with Crippen molar-refractivity contribution in [1.29, 1.82) is 0 Å². The first-order valence-electron chi connectivity index (χ1n) is 11.6. The molecule has 9 nitrogen and oxygen atoms in total. The summed E-state index contributed by atoms with van der Waals surface area (Å²) in [5.41, 5.74) is 0. The van der Waals surface area contributed by atoms with Gasteiger partial charge in [-0.15, -0.1) is 34.2 Å². The second-order valence-electron chi connectivity index (χ2n) is 7.82. The largest absolute Gasteiger partial charge is 0.492 e. The Labute approximate surface area is 214 Å². The van der Waals surface area contributed by atoms with Gasteiger partial charge in [-0.1, -0.05) is 25.1 Å². The fraction of sp³-hybridized carbons (Fsp3) is 0.609. The minimum atomic E-state index is 0. The number of nitrogens with zero attached hydrogens (tertiary/aromatic N) is 6. The van der Waals surface area contributed by atoms with Gasteiger partial charge in [-0.05, 0) is 18.6 Å². The van der Waals surface area contributed by atoms with Crippen molar-refractivity contribution in [3.63, 3.8) is 0 Å². The van der Waals surface area contributed by atoms with E-state index in [0.717, 1.165) is 89.4 Å². The van der Waals surface area contributed by atoms with Gasteiger partial charge in [0.15, 0.2) is 5.96 Å². The van der Waals surface area contributed by atoms with Crippen molar-refractivity contribution in [3.8, 4) is 5.75 Å². The first kappa shape index (κ1) is 27.3. The van der Waals surface area contributed by atoms with E-state index in [0.29, 0.717) is 6.61 Å². The van der Waals surface area contributed by atoms with Crippen molar-refractivity contribution in [2.45, 2.75) is 26.3 Å². The second-order valence-corrected chi connectivity index (χ2v) is 7.82. The van der Waals surface area contributed by atoms with Crippen molar-refractivity contribution < 1.29 is 9.47 Å². The van der Waals surface area contributed by atoms with Crippen LogP contribution in [-0.2, 0) is 17.7 Å². The summed E-state index contributed by atoms with van der Waals surface area (Å²) in [6.45, 7) is 10.6. The molecule has 1 aromatic heterocycles. The molecule has 184 valence electrons. The van der Waals surface area contributed by atoms with Crippen LogP contribution in [0.25, 0.3) is 0 Å². The Kier molecular flexibility index (Phi) is 13.1. The molecular formula is C23H38IN7O2. The predicted molar refractivity (Wildman–Crippen MR) is 142 cm³/mol. The Morgan fingerprint density at radius 3 is 2.76 bits per heavy atom. The summed E-state index contributed by atoms with van der Waals surface area (Å²) in [5.74, 6) is 2.78. The van der Waals surface area contributed by atoms with Crippen LogP contribution in [-0.4, -0.2) is 96.7 Å². The molecule has 0 radical (unpaired) electrons. The lowest BCUT2D eigenvalue weighted by atomic mass is 10.3. The van der Waals surface area contributed by atoms with E-state index in [-0.39, 0.29) is 24.0 Å². The zero-order chi connectivity index (χ0) is 22.4. The number of nitrogens with one attached hydrogen (secondary N) is 1. The number of ether oxygens (including phenoxy) is 2. The minimum absolute atomic E-state index is 0. The van der Waals surface area contributed by atoms with Crippen molar-refractivity contribution in [2.75, 3.05) is 66.1 Å². The van der Waals surface area contributed by atoms with Gasteiger partial charge in [0, 0.05) is 52.7 Å². The van der Waals surface area contributed by atoms with Gasteiger partial charge >= 0.3 is 0 Å². The molecule has 0 bridgehead atoms. The highest BCUT2D eigenvalue weighted by molar-refractivity contribution is 14.0. The van der Waals surface area contributed by atoms with Gasteiger partial charge in [0.2, 0.25) is 0 Å². The Hall–Kier alpha value is -1.92. The lowest BCUT2D eigenvalue weighted by molar-refractivity contribution is 0.0377. The summed E-state index contributed by atoms with van der Waals surface area (Å²) in [5, 5.41) is 11.7. The van der Waals surface area contributed by atoms with Crippen LogP contribution in [0.3, 0.4) is 0 Å². The second kappa shape index (κ2) is 15.8. The maximum atomic E-state index is 5.86. The third-order valence-corrected chi connectivity index (χ3v) is 5.45. The number of aryl methyl sites for hydroxylation is 1. The smallest absolute Gasteiger partial charge is 0.193 e. The summed E-state index contributed by atoms with van der Waals surface area (Å²) in [7, 11) is 2.05. The monoisotopic (exact) mass is 571 g/mol. The van der Waals surface area contributed by atoms with Crippen molar-refractivity contribution in [1.82, 2.24) is 29.9 Å². The van der Waals surface area contributed by atoms with E-state index in [4.69, 9.17) is 14.5 Å². The average Bonchev–Trinajstić information content (AvgIpc) is 3.29. The van der Waals surface area contributed by atoms with E-state index in [1.165, 1.54) is 0 Å². The molecule has 2 heterocycles. The molecule has 1 aromatic carbocycles. The van der Waals surface area contributed by atoms with E-state index in [1.807, 2.05) is 30.3 Å². The van der Waals surface area contributed by atoms with Crippen LogP contribution in [0.2, 0.25) is 0 Å². The van der Waals surface area contributed by atoms with Gasteiger partial charge in [0.05, 0.1) is 19.8 Å². The molecule has 3 rings (SSSR count). The summed E-state index contributed by atoms with van der Waals surface area (Å²) < 4.78 is 13.4. The molecule has 0 unspecified atom stereocenters. The predicted octanol–water partition coefficient (Wildman–Crippen LogP) is 2.14. The average molecular weight is 572 g/mol. The molecule has 1 aliphatic rings. The summed E-state index contributed by atoms with van der Waals surface area (Å²) in [4.78, 5) is 9.45. The number of hydrogen-bond acceptors (Lipinski definition) is 6. The minimum Gasteiger partial charge on any atom is -0.492 e. The molecule has 2 aromatic rings. The number of aromatic nitrogens is 3. The summed E-state index contributed by atoms with van der Waals surface area (Å²) >= 11 is 0. The van der Waals surface area contributed by atoms with Crippen molar-refractivity contribution in [2.24, 2.45) is 4.99 Å². The molecule has 0 saturated carbocycles. The summed E-state index contributed by atoms with van der Waals surface area (Å²) in [6.07, 6.45) is 3.70. The Balaban J connectivity index is 0.00000385. The lowest BCUT2D eigenvalue weighted by Crippen LogP contribution is -2.42. The normalized spacial score (nSPS) is 14.5. The third-order valence-electron chi connectivity index (χ3n) is 5.45. The first-order valence-corrected chi connectivity index (χ1v) is 11.6. The highest BCUT2D eigenvalue weighted by Gasteiger charge is 2.10. The Morgan fingerprint density at radius 1 is 1.21 bits per heavy atom. The standard InChI is InChI=1S/C23H37N7O2.HI/c1-3-22-27-26-20-30(22)13-11-25-23(24-10-7-12-29-15-17-31-18-16-29)28(2)14-19-32-21-8-5-4-6-9-21;/h4-6,8-9,20H,3,7,10-19H2,1-2H3,(H,24,25);1H. The number of halogens is 1. The van der Waals surface area contributed by atoms with Gasteiger partial charge in [0.25, 0.3) is 0 Å². The zero-order valence-electron chi connectivity index (χ0n) is 19.9. The number of benzene rings is 1. The SMILES string of the molecule is CCc1nncn1CCNC(=NCCCN1CCOCC1)N(C)CCOc1ccccc1.I. The fourth-order valence-corrected chi connectivity index (χ4v) is 3.57. The van der Waals surface area contributed by atoms with Crippen molar-refractivity contribution in [3.05, 3.63) is 42.5 Å². The number of para-hydroxylation sites is 1. The van der Waals surface area contributed by atoms with Crippen molar-refractivity contribution >= 4 is 29.9 Å². The van der Waals surface area contributed by atoms with Gasteiger partial charge in [0.1, 0.15) is 24.5 Å². The molecule has 0 atom stereocenters. The summed E-state index contributed by atoms with van der Waals surface area (Å²) in [6, 6.07) is 9.91. The van der Waals surface area contributed by atoms with Crippen LogP contribution in [0.5, 0.6) is 5.75 Å². The number of hydrogen-bond donors (Lipinski definition) is 1. The molecular weight excluding hydrogens is 533 g/mol. The molecule has 10 heteroatoms. The topological polar surface area (TPSA) is 80.0 Å². The molecule has 0 aliphatic carbocycles. The van der Waals surface area contributed by atoms with Gasteiger partial charge < -0.3 is 24.3 Å². The van der Waals surface area contributed by atoms with Crippen LogP contribution in [0.15, 0.2) is 41.7 Å². The molecule has 0 spiro atoms. The zero-order valence-corrected chi connectivity index (χ0v) is 22.2. The van der Waals surface area contributed by atoms with E-state index < -0.39 is 0 Å². The van der Waals surface area contributed by atoms with Crippen LogP contribution < -0.4 is 10.1 Å². The van der Waals surface area contributed by atoms with Gasteiger partial charge in [-0.3, -0.25) is 9.89 Å². The number of morpholine rings is 1. The molecule has 1 N–H and O–H groups in total. The number of rotatable bonds is 12. The lowest BCUT2D eigenvalue weighted by Gasteiger charge is -2.26. The van der Waals surface area contributed by atoms with E-state index in [9.17, 15) is 0 Å². The number of likely N-dealkylation sites (N-methyl/N-ethyl adjacent to an activating group) is 1. The molecule has 1 aliphatic heterocycles. The highest BCUT2D eigenvalue weighted by atomic mass is 127. The molecule has 1 saturated heterocycles. The third kappa shape index (κ3) is 9.85. The van der Waals surface area contributed by atoms with E-state index in [1.54, 1.807) is 6.33 Å². The quantitative estimate of drug-likeness (QED) is 0.181. The van der Waals surface area contributed by atoms with Gasteiger partial charge in [-0.25, -0.2) is 0 Å². The van der Waals surface area contributed by atoms with E-state index in [2.05, 4.69) is 43.9 Å². The van der Waals surface area contributed by atoms with Crippen LogP contribution in [0.1, 0.15) is 19.2 Å². The molecule has 0 amide bonds. The number of guanidine groups is 1. The van der Waals surface area contributed by atoms with Crippen LogP contribution in [0, 0.1) is 0 Å². The van der Waals surface area contributed by atoms with Crippen LogP contribution in [0.4, 0.5) is 0 Å². The van der Waals surface area contributed by atoms with Gasteiger partial charge in [-0.2, -0.15) is 0 Å². The highest BCUT2D eigenvalue weighted by Crippen LogP contribution is 2.08. The Bertz CT molecular complexity index is 797. The Morgan fingerprint density at radius 2 is 2.00 bits per heavy atom. The maximum Gasteiger partial charge on any atom is 0.193 e. The fourth-order valence-electron chi connectivity index (χ4n) is 3.57. The molecule has 1 fully saturated rings. The number of aliphatic imine (C=N–C) groups is 1.